The summed E-state index contributed by atoms with van der Waals surface area (Å²) in [6, 6.07) is 13.4. The summed E-state index contributed by atoms with van der Waals surface area (Å²) in [5, 5.41) is 5.89. The molecule has 1 aliphatic heterocycles. The number of benzene rings is 2. The average molecular weight is 488 g/mol. The zero-order valence-corrected chi connectivity index (χ0v) is 20.8. The van der Waals surface area contributed by atoms with Crippen molar-refractivity contribution in [2.45, 2.75) is 13.0 Å². The fourth-order valence-electron chi connectivity index (χ4n) is 3.82. The summed E-state index contributed by atoms with van der Waals surface area (Å²) in [5.41, 5.74) is 2.87. The predicted molar refractivity (Wildman–Crippen MR) is 135 cm³/mol. The lowest BCUT2D eigenvalue weighted by Crippen LogP contribution is -2.44. The van der Waals surface area contributed by atoms with Crippen LogP contribution in [-0.4, -0.2) is 75.3 Å². The summed E-state index contributed by atoms with van der Waals surface area (Å²) in [4.78, 5) is 27.0. The van der Waals surface area contributed by atoms with Crippen molar-refractivity contribution >= 4 is 29.3 Å². The van der Waals surface area contributed by atoms with Gasteiger partial charge in [-0.1, -0.05) is 18.2 Å². The van der Waals surface area contributed by atoms with Gasteiger partial charge in [-0.3, -0.25) is 14.5 Å². The highest BCUT2D eigenvalue weighted by Gasteiger charge is 2.24. The number of ether oxygens (including phenoxy) is 3. The van der Waals surface area contributed by atoms with Gasteiger partial charge in [-0.2, -0.15) is 0 Å². The highest BCUT2D eigenvalue weighted by Crippen LogP contribution is 2.32. The Morgan fingerprint density at radius 2 is 1.76 bits per heavy atom. The van der Waals surface area contributed by atoms with Crippen LogP contribution in [0.15, 0.2) is 42.5 Å². The highest BCUT2D eigenvalue weighted by atomic mass is 32.2. The fraction of sp³-hybridized carbons (Fsp3) is 0.440. The summed E-state index contributed by atoms with van der Waals surface area (Å²) in [5.74, 6) is 1.51. The standard InChI is InChI=1S/C25H33N3O5S/c1-18-5-4-6-20(13-18)27-25(30)17-34-16-24(29)26-15-21(28-9-11-33-12-10-28)19-7-8-22(31-2)23(14-19)32-3/h4-8,13-14,21H,9-12,15-17H2,1-3H3,(H,26,29)(H,27,30). The van der Waals surface area contributed by atoms with Gasteiger partial charge in [-0.15, -0.1) is 11.8 Å². The lowest BCUT2D eigenvalue weighted by molar-refractivity contribution is -0.118. The minimum Gasteiger partial charge on any atom is -0.493 e. The van der Waals surface area contributed by atoms with Gasteiger partial charge >= 0.3 is 0 Å². The van der Waals surface area contributed by atoms with Crippen molar-refractivity contribution in [1.29, 1.82) is 0 Å². The molecule has 2 aromatic carbocycles. The minimum absolute atomic E-state index is 0.0257. The monoisotopic (exact) mass is 487 g/mol. The van der Waals surface area contributed by atoms with Crippen LogP contribution in [0, 0.1) is 6.92 Å². The Morgan fingerprint density at radius 3 is 2.47 bits per heavy atom. The second-order valence-corrected chi connectivity index (χ2v) is 8.98. The molecule has 184 valence electrons. The molecule has 0 radical (unpaired) electrons. The summed E-state index contributed by atoms with van der Waals surface area (Å²) in [6.45, 7) is 5.30. The summed E-state index contributed by atoms with van der Waals surface area (Å²) in [6.07, 6.45) is 0. The molecule has 8 nitrogen and oxygen atoms in total. The van der Waals surface area contributed by atoms with Crippen LogP contribution >= 0.6 is 11.8 Å². The van der Waals surface area contributed by atoms with Crippen LogP contribution in [0.1, 0.15) is 17.2 Å². The SMILES string of the molecule is COc1ccc(C(CNC(=O)CSCC(=O)Nc2cccc(C)c2)N2CCOCC2)cc1OC. The van der Waals surface area contributed by atoms with Crippen molar-refractivity contribution in [3.8, 4) is 11.5 Å². The van der Waals surface area contributed by atoms with Gasteiger partial charge in [0.2, 0.25) is 11.8 Å². The normalized spacial score (nSPS) is 14.8. The molecule has 34 heavy (non-hydrogen) atoms. The number of nitrogens with zero attached hydrogens (tertiary/aromatic N) is 1. The molecule has 1 saturated heterocycles. The van der Waals surface area contributed by atoms with Gasteiger partial charge in [0.25, 0.3) is 0 Å². The number of amides is 2. The average Bonchev–Trinajstić information content (AvgIpc) is 2.84. The van der Waals surface area contributed by atoms with E-state index in [4.69, 9.17) is 14.2 Å². The van der Waals surface area contributed by atoms with Gasteiger partial charge < -0.3 is 24.8 Å². The van der Waals surface area contributed by atoms with Crippen molar-refractivity contribution in [1.82, 2.24) is 10.2 Å². The maximum Gasteiger partial charge on any atom is 0.234 e. The van der Waals surface area contributed by atoms with Crippen molar-refractivity contribution in [2.24, 2.45) is 0 Å². The van der Waals surface area contributed by atoms with Crippen molar-refractivity contribution in [3.63, 3.8) is 0 Å². The Kier molecular flexibility index (Phi) is 10.1. The Bertz CT molecular complexity index is 965. The van der Waals surface area contributed by atoms with E-state index < -0.39 is 0 Å². The van der Waals surface area contributed by atoms with Crippen molar-refractivity contribution in [2.75, 3.05) is 63.9 Å². The van der Waals surface area contributed by atoms with Gasteiger partial charge in [-0.05, 0) is 42.3 Å². The molecular weight excluding hydrogens is 454 g/mol. The number of thioether (sulfide) groups is 1. The van der Waals surface area contributed by atoms with E-state index in [0.717, 1.165) is 29.9 Å². The van der Waals surface area contributed by atoms with Gasteiger partial charge in [0, 0.05) is 25.3 Å². The summed E-state index contributed by atoms with van der Waals surface area (Å²) < 4.78 is 16.3. The number of rotatable bonds is 11. The number of anilines is 1. The first-order chi connectivity index (χ1) is 16.5. The first kappa shape index (κ1) is 25.9. The van der Waals surface area contributed by atoms with Crippen LogP contribution in [0.25, 0.3) is 0 Å². The number of carbonyl (C=O) groups is 2. The second-order valence-electron chi connectivity index (χ2n) is 7.99. The van der Waals surface area contributed by atoms with Gasteiger partial charge in [0.15, 0.2) is 11.5 Å². The first-order valence-corrected chi connectivity index (χ1v) is 12.4. The van der Waals surface area contributed by atoms with E-state index >= 15 is 0 Å². The van der Waals surface area contributed by atoms with E-state index in [1.807, 2.05) is 49.4 Å². The predicted octanol–water partition coefficient (Wildman–Crippen LogP) is 2.87. The number of morpholine rings is 1. The third-order valence-corrected chi connectivity index (χ3v) is 6.47. The lowest BCUT2D eigenvalue weighted by Gasteiger charge is -2.35. The van der Waals surface area contributed by atoms with Crippen LogP contribution < -0.4 is 20.1 Å². The molecular formula is C25H33N3O5S. The molecule has 0 bridgehead atoms. The van der Waals surface area contributed by atoms with E-state index in [1.54, 1.807) is 14.2 Å². The molecule has 2 N–H and O–H groups in total. The molecule has 0 saturated carbocycles. The second kappa shape index (κ2) is 13.2. The molecule has 0 spiro atoms. The Morgan fingerprint density at radius 1 is 1.03 bits per heavy atom. The zero-order chi connectivity index (χ0) is 24.3. The highest BCUT2D eigenvalue weighted by molar-refractivity contribution is 8.00. The molecule has 1 heterocycles. The lowest BCUT2D eigenvalue weighted by atomic mass is 10.0. The third kappa shape index (κ3) is 7.65. The Balaban J connectivity index is 1.53. The molecule has 2 aromatic rings. The van der Waals surface area contributed by atoms with Gasteiger partial charge in [0.1, 0.15) is 0 Å². The van der Waals surface area contributed by atoms with Crippen molar-refractivity contribution < 1.29 is 23.8 Å². The Hall–Kier alpha value is -2.75. The van der Waals surface area contributed by atoms with Crippen molar-refractivity contribution in [3.05, 3.63) is 53.6 Å². The molecule has 1 unspecified atom stereocenters. The van der Waals surface area contributed by atoms with E-state index in [0.29, 0.717) is 31.3 Å². The first-order valence-electron chi connectivity index (χ1n) is 11.2. The number of methoxy groups -OCH3 is 2. The van der Waals surface area contributed by atoms with Gasteiger partial charge in [-0.25, -0.2) is 0 Å². The number of hydrogen-bond acceptors (Lipinski definition) is 7. The van der Waals surface area contributed by atoms with Crippen LogP contribution in [-0.2, 0) is 14.3 Å². The quantitative estimate of drug-likeness (QED) is 0.504. The van der Waals surface area contributed by atoms with Crippen LogP contribution in [0.2, 0.25) is 0 Å². The topological polar surface area (TPSA) is 89.1 Å². The van der Waals surface area contributed by atoms with E-state index in [-0.39, 0.29) is 29.4 Å². The zero-order valence-electron chi connectivity index (χ0n) is 20.0. The van der Waals surface area contributed by atoms with Crippen LogP contribution in [0.3, 0.4) is 0 Å². The number of nitrogens with one attached hydrogen (secondary N) is 2. The Labute approximate surface area is 205 Å². The fourth-order valence-corrected chi connectivity index (χ4v) is 4.47. The summed E-state index contributed by atoms with van der Waals surface area (Å²) >= 11 is 1.29. The largest absolute Gasteiger partial charge is 0.493 e. The van der Waals surface area contributed by atoms with E-state index in [2.05, 4.69) is 15.5 Å². The maximum atomic E-state index is 12.5. The third-order valence-electron chi connectivity index (χ3n) is 5.54. The smallest absolute Gasteiger partial charge is 0.234 e. The molecule has 1 fully saturated rings. The number of aryl methyl sites for hydroxylation is 1. The van der Waals surface area contributed by atoms with Gasteiger partial charge in [0.05, 0.1) is 45.0 Å². The van der Waals surface area contributed by atoms with E-state index in [1.165, 1.54) is 11.8 Å². The maximum absolute atomic E-state index is 12.5. The van der Waals surface area contributed by atoms with Crippen LogP contribution in [0.5, 0.6) is 11.5 Å². The minimum atomic E-state index is -0.125. The number of hydrogen-bond donors (Lipinski definition) is 2. The molecule has 0 aliphatic carbocycles. The van der Waals surface area contributed by atoms with Crippen LogP contribution in [0.4, 0.5) is 5.69 Å². The summed E-state index contributed by atoms with van der Waals surface area (Å²) in [7, 11) is 3.22. The van der Waals surface area contributed by atoms with E-state index in [9.17, 15) is 9.59 Å². The number of carbonyl (C=O) groups excluding carboxylic acids is 2. The molecule has 1 aliphatic rings. The molecule has 9 heteroatoms. The molecule has 2 amide bonds. The molecule has 0 aromatic heterocycles. The molecule has 3 rings (SSSR count). The molecule has 1 atom stereocenters.